The smallest absolute Gasteiger partial charge is 0.416 e. The zero-order chi connectivity index (χ0) is 20.9. The number of anilines is 1. The van der Waals surface area contributed by atoms with Gasteiger partial charge in [-0.25, -0.2) is 0 Å². The molecule has 4 fully saturated rings. The Hall–Kier alpha value is -2.09. The molecule has 5 nitrogen and oxygen atoms in total. The van der Waals surface area contributed by atoms with Crippen LogP contribution in [0.1, 0.15) is 50.5 Å². The van der Waals surface area contributed by atoms with E-state index < -0.39 is 35.8 Å². The number of nitrogens with one attached hydrogen (secondary N) is 1. The summed E-state index contributed by atoms with van der Waals surface area (Å²) in [6, 6.07) is 4.05. The molecule has 1 aromatic carbocycles. The van der Waals surface area contributed by atoms with Crippen LogP contribution in [0.25, 0.3) is 0 Å². The number of carbonyl (C=O) groups excluding carboxylic acids is 2. The highest BCUT2D eigenvalue weighted by atomic mass is 19.4. The van der Waals surface area contributed by atoms with E-state index in [4.69, 9.17) is 4.74 Å². The molecule has 2 unspecified atom stereocenters. The average Bonchev–Trinajstić information content (AvgIpc) is 2.57. The maximum Gasteiger partial charge on any atom is 0.416 e. The van der Waals surface area contributed by atoms with Gasteiger partial charge in [-0.3, -0.25) is 9.59 Å². The minimum Gasteiger partial charge on any atom is -0.456 e. The van der Waals surface area contributed by atoms with Crippen LogP contribution in [0.15, 0.2) is 24.3 Å². The molecule has 29 heavy (non-hydrogen) atoms. The average molecular weight is 411 g/mol. The number of carbonyl (C=O) groups is 2. The number of halogens is 3. The summed E-state index contributed by atoms with van der Waals surface area (Å²) in [7, 11) is 0. The van der Waals surface area contributed by atoms with Crippen LogP contribution in [0.2, 0.25) is 0 Å². The normalized spacial score (nSPS) is 32.8. The van der Waals surface area contributed by atoms with Gasteiger partial charge in [0.05, 0.1) is 17.6 Å². The summed E-state index contributed by atoms with van der Waals surface area (Å²) < 4.78 is 42.8. The Morgan fingerprint density at radius 1 is 1.10 bits per heavy atom. The van der Waals surface area contributed by atoms with Crippen LogP contribution in [0.3, 0.4) is 0 Å². The number of hydrogen-bond donors (Lipinski definition) is 2. The Morgan fingerprint density at radius 2 is 1.72 bits per heavy atom. The van der Waals surface area contributed by atoms with Gasteiger partial charge in [-0.1, -0.05) is 0 Å². The third-order valence-corrected chi connectivity index (χ3v) is 6.53. The Morgan fingerprint density at radius 3 is 2.28 bits per heavy atom. The molecular formula is C21H24F3NO4. The highest BCUT2D eigenvalue weighted by molar-refractivity contribution is 5.92. The molecule has 8 heteroatoms. The summed E-state index contributed by atoms with van der Waals surface area (Å²) in [5.41, 5.74) is -1.51. The van der Waals surface area contributed by atoms with Gasteiger partial charge in [0, 0.05) is 5.69 Å². The minimum absolute atomic E-state index is 0.190. The molecule has 0 saturated heterocycles. The van der Waals surface area contributed by atoms with Crippen LogP contribution in [-0.2, 0) is 20.5 Å². The highest BCUT2D eigenvalue weighted by Crippen LogP contribution is 2.62. The van der Waals surface area contributed by atoms with E-state index in [-0.39, 0.29) is 17.5 Å². The first-order chi connectivity index (χ1) is 13.5. The summed E-state index contributed by atoms with van der Waals surface area (Å²) in [4.78, 5) is 24.3. The number of rotatable bonds is 5. The first kappa shape index (κ1) is 20.2. The van der Waals surface area contributed by atoms with E-state index in [2.05, 4.69) is 5.32 Å². The van der Waals surface area contributed by atoms with E-state index in [0.29, 0.717) is 18.3 Å². The summed E-state index contributed by atoms with van der Waals surface area (Å²) in [5.74, 6) is -0.172. The topological polar surface area (TPSA) is 75.6 Å². The summed E-state index contributed by atoms with van der Waals surface area (Å²) >= 11 is 0. The monoisotopic (exact) mass is 411 g/mol. The Labute approximate surface area is 166 Å². The zero-order valence-electron chi connectivity index (χ0n) is 15.9. The van der Waals surface area contributed by atoms with E-state index in [9.17, 15) is 27.9 Å². The number of amides is 1. The Kier molecular flexibility index (Phi) is 4.88. The molecule has 2 N–H and O–H groups in total. The van der Waals surface area contributed by atoms with Crippen molar-refractivity contribution in [2.75, 3.05) is 11.9 Å². The van der Waals surface area contributed by atoms with Crippen LogP contribution in [0, 0.1) is 17.3 Å². The molecule has 4 aliphatic rings. The number of ether oxygens (including phenoxy) is 1. The van der Waals surface area contributed by atoms with Crippen molar-refractivity contribution in [1.82, 2.24) is 0 Å². The van der Waals surface area contributed by atoms with E-state index >= 15 is 0 Å². The van der Waals surface area contributed by atoms with E-state index in [0.717, 1.165) is 56.4 Å². The zero-order valence-corrected chi connectivity index (χ0v) is 15.9. The molecule has 1 amide bonds. The van der Waals surface area contributed by atoms with Gasteiger partial charge in [-0.05, 0) is 80.0 Å². The molecule has 4 saturated carbocycles. The van der Waals surface area contributed by atoms with Crippen molar-refractivity contribution in [3.05, 3.63) is 29.8 Å². The summed E-state index contributed by atoms with van der Waals surface area (Å²) in [6.45, 7) is -0.493. The molecule has 1 aromatic rings. The molecular weight excluding hydrogens is 387 g/mol. The predicted octanol–water partition coefficient (Wildman–Crippen LogP) is 3.91. The van der Waals surface area contributed by atoms with Gasteiger partial charge >= 0.3 is 12.1 Å². The minimum atomic E-state index is -4.44. The van der Waals surface area contributed by atoms with Crippen molar-refractivity contribution < 1.29 is 32.6 Å². The number of benzene rings is 1. The molecule has 158 valence electrons. The largest absolute Gasteiger partial charge is 0.456 e. The van der Waals surface area contributed by atoms with E-state index in [1.54, 1.807) is 0 Å². The SMILES string of the molecule is O=C(COC(=O)CC12C[C@@H]3C[C@@H](CC(O)(C3)C1)C2)Nc1ccc(C(F)(F)F)cc1. The third-order valence-electron chi connectivity index (χ3n) is 6.53. The number of aliphatic hydroxyl groups is 1. The van der Waals surface area contributed by atoms with Crippen molar-refractivity contribution >= 4 is 17.6 Å². The second kappa shape index (κ2) is 7.00. The quantitative estimate of drug-likeness (QED) is 0.721. The van der Waals surface area contributed by atoms with Crippen molar-refractivity contribution in [2.24, 2.45) is 17.3 Å². The molecule has 0 aromatic heterocycles. The van der Waals surface area contributed by atoms with Gasteiger partial charge in [-0.2, -0.15) is 13.2 Å². The van der Waals surface area contributed by atoms with Gasteiger partial charge in [0.1, 0.15) is 0 Å². The van der Waals surface area contributed by atoms with Crippen LogP contribution in [0.5, 0.6) is 0 Å². The molecule has 0 spiro atoms. The Bertz CT molecular complexity index is 791. The van der Waals surface area contributed by atoms with Gasteiger partial charge in [-0.15, -0.1) is 0 Å². The lowest BCUT2D eigenvalue weighted by Crippen LogP contribution is -2.56. The van der Waals surface area contributed by atoms with Gasteiger partial charge in [0.25, 0.3) is 5.91 Å². The lowest BCUT2D eigenvalue weighted by atomic mass is 9.47. The van der Waals surface area contributed by atoms with Gasteiger partial charge in [0.2, 0.25) is 0 Å². The fourth-order valence-corrected chi connectivity index (χ4v) is 6.05. The van der Waals surface area contributed by atoms with Crippen LogP contribution < -0.4 is 5.32 Å². The summed E-state index contributed by atoms with van der Waals surface area (Å²) in [6.07, 6.45) is 0.940. The fourth-order valence-electron chi connectivity index (χ4n) is 6.05. The molecule has 0 heterocycles. The lowest BCUT2D eigenvalue weighted by Gasteiger charge is -2.60. The molecule has 0 radical (unpaired) electrons. The number of alkyl halides is 3. The van der Waals surface area contributed by atoms with Crippen molar-refractivity contribution in [1.29, 1.82) is 0 Å². The van der Waals surface area contributed by atoms with E-state index in [1.807, 2.05) is 0 Å². The fraction of sp³-hybridized carbons (Fsp3) is 0.619. The van der Waals surface area contributed by atoms with E-state index in [1.165, 1.54) is 0 Å². The first-order valence-corrected chi connectivity index (χ1v) is 9.89. The second-order valence-electron chi connectivity index (χ2n) is 9.15. The van der Waals surface area contributed by atoms with Gasteiger partial charge in [0.15, 0.2) is 6.61 Å². The van der Waals surface area contributed by atoms with Crippen LogP contribution >= 0.6 is 0 Å². The molecule has 5 rings (SSSR count). The maximum atomic E-state index is 12.6. The molecule has 0 aliphatic heterocycles. The maximum absolute atomic E-state index is 12.6. The molecule has 4 atom stereocenters. The van der Waals surface area contributed by atoms with Crippen LogP contribution in [-0.4, -0.2) is 29.2 Å². The number of hydrogen-bond acceptors (Lipinski definition) is 4. The first-order valence-electron chi connectivity index (χ1n) is 9.89. The predicted molar refractivity (Wildman–Crippen MR) is 97.7 cm³/mol. The number of esters is 1. The van der Waals surface area contributed by atoms with Crippen molar-refractivity contribution in [3.8, 4) is 0 Å². The summed E-state index contributed by atoms with van der Waals surface area (Å²) in [5, 5.41) is 13.2. The standard InChI is InChI=1S/C21H24F3NO4/c22-21(23,24)15-1-3-16(4-2-15)25-17(26)11-29-18(27)10-19-6-13-5-14(7-19)9-20(28,8-13)12-19/h1-4,13-14,28H,5-12H2,(H,25,26)/t13-,14+,19?,20?. The van der Waals surface area contributed by atoms with Crippen molar-refractivity contribution in [3.63, 3.8) is 0 Å². The Balaban J connectivity index is 1.27. The lowest BCUT2D eigenvalue weighted by molar-refractivity contribution is -0.177. The second-order valence-corrected chi connectivity index (χ2v) is 9.15. The molecule has 4 aliphatic carbocycles. The van der Waals surface area contributed by atoms with Crippen molar-refractivity contribution in [2.45, 2.75) is 56.7 Å². The molecule has 4 bridgehead atoms. The third kappa shape index (κ3) is 4.42. The highest BCUT2D eigenvalue weighted by Gasteiger charge is 2.57. The van der Waals surface area contributed by atoms with Gasteiger partial charge < -0.3 is 15.2 Å². The van der Waals surface area contributed by atoms with Crippen LogP contribution in [0.4, 0.5) is 18.9 Å².